The Balaban J connectivity index is 1.76. The molecule has 0 spiro atoms. The monoisotopic (exact) mass is 292 g/mol. The third-order valence-electron chi connectivity index (χ3n) is 6.15. The summed E-state index contributed by atoms with van der Waals surface area (Å²) < 4.78 is 28.5. The molecule has 5 rings (SSSR count). The van der Waals surface area contributed by atoms with E-state index in [1.54, 1.807) is 0 Å². The van der Waals surface area contributed by atoms with Gasteiger partial charge < -0.3 is 0 Å². The van der Waals surface area contributed by atoms with Crippen molar-refractivity contribution in [3.05, 3.63) is 35.4 Å². The molecule has 4 fully saturated rings. The van der Waals surface area contributed by atoms with Crippen LogP contribution >= 0.6 is 0 Å². The molecule has 0 heterocycles. The van der Waals surface area contributed by atoms with Crippen LogP contribution in [-0.4, -0.2) is 0 Å². The van der Waals surface area contributed by atoms with Gasteiger partial charge in [0.1, 0.15) is 11.6 Å². The van der Waals surface area contributed by atoms with Gasteiger partial charge in [0.2, 0.25) is 0 Å². The van der Waals surface area contributed by atoms with Gasteiger partial charge in [-0.15, -0.1) is 0 Å². The van der Waals surface area contributed by atoms with Crippen LogP contribution in [0.4, 0.5) is 8.78 Å². The molecule has 3 N–H and O–H groups in total. The molecule has 1 aromatic carbocycles. The molecule has 1 aromatic rings. The van der Waals surface area contributed by atoms with Crippen LogP contribution in [0.3, 0.4) is 0 Å². The van der Waals surface area contributed by atoms with E-state index < -0.39 is 17.7 Å². The molecule has 0 saturated heterocycles. The molecule has 2 nitrogen and oxygen atoms in total. The van der Waals surface area contributed by atoms with Gasteiger partial charge in [-0.1, -0.05) is 6.07 Å². The van der Waals surface area contributed by atoms with Crippen molar-refractivity contribution in [1.29, 1.82) is 0 Å². The molecule has 4 aliphatic rings. The predicted octanol–water partition coefficient (Wildman–Crippen LogP) is 3.69. The van der Waals surface area contributed by atoms with Crippen LogP contribution in [0, 0.1) is 34.8 Å². The van der Waals surface area contributed by atoms with Gasteiger partial charge in [0, 0.05) is 5.56 Å². The number of hydrogen-bond acceptors (Lipinski definition) is 2. The zero-order valence-corrected chi connectivity index (χ0v) is 12.1. The third-order valence-corrected chi connectivity index (χ3v) is 6.15. The second-order valence-corrected chi connectivity index (χ2v) is 7.51. The lowest BCUT2D eigenvalue weighted by Crippen LogP contribution is -2.53. The summed E-state index contributed by atoms with van der Waals surface area (Å²) in [6, 6.07) is 3.68. The lowest BCUT2D eigenvalue weighted by atomic mass is 9.47. The van der Waals surface area contributed by atoms with Crippen molar-refractivity contribution in [2.45, 2.75) is 44.6 Å². The Bertz CT molecular complexity index is 502. The maximum Gasteiger partial charge on any atom is 0.130 e. The number of benzene rings is 1. The van der Waals surface area contributed by atoms with Crippen LogP contribution in [0.25, 0.3) is 0 Å². The number of hydrazine groups is 1. The average Bonchev–Trinajstić information content (AvgIpc) is 2.41. The average molecular weight is 292 g/mol. The fraction of sp³-hybridized carbons (Fsp3) is 0.647. The van der Waals surface area contributed by atoms with Crippen molar-refractivity contribution in [3.63, 3.8) is 0 Å². The second kappa shape index (κ2) is 4.75. The molecular weight excluding hydrogens is 270 g/mol. The van der Waals surface area contributed by atoms with Crippen molar-refractivity contribution >= 4 is 0 Å². The molecule has 0 aliphatic heterocycles. The van der Waals surface area contributed by atoms with Gasteiger partial charge in [-0.2, -0.15) is 0 Å². The Labute approximate surface area is 124 Å². The number of hydrogen-bond donors (Lipinski definition) is 2. The number of rotatable bonds is 3. The molecule has 4 heteroatoms. The summed E-state index contributed by atoms with van der Waals surface area (Å²) in [6.07, 6.45) is 7.08. The van der Waals surface area contributed by atoms with Gasteiger partial charge in [-0.05, 0) is 73.8 Å². The van der Waals surface area contributed by atoms with E-state index in [1.165, 1.54) is 37.5 Å². The zero-order chi connectivity index (χ0) is 14.6. The fourth-order valence-corrected chi connectivity index (χ4v) is 5.88. The Morgan fingerprint density at radius 3 is 1.90 bits per heavy atom. The predicted molar refractivity (Wildman–Crippen MR) is 77.0 cm³/mol. The third kappa shape index (κ3) is 2.03. The van der Waals surface area contributed by atoms with Crippen LogP contribution in [0.15, 0.2) is 18.2 Å². The minimum absolute atomic E-state index is 0.0630. The maximum absolute atomic E-state index is 14.2. The molecule has 1 unspecified atom stereocenters. The molecular formula is C17H22F2N2. The summed E-state index contributed by atoms with van der Waals surface area (Å²) in [4.78, 5) is 0. The van der Waals surface area contributed by atoms with Gasteiger partial charge in [-0.25, -0.2) is 8.78 Å². The number of halogens is 2. The van der Waals surface area contributed by atoms with E-state index in [-0.39, 0.29) is 11.0 Å². The van der Waals surface area contributed by atoms with Gasteiger partial charge in [0.25, 0.3) is 0 Å². The normalized spacial score (nSPS) is 38.7. The maximum atomic E-state index is 14.2. The molecule has 0 amide bonds. The fourth-order valence-electron chi connectivity index (χ4n) is 5.88. The summed E-state index contributed by atoms with van der Waals surface area (Å²) in [7, 11) is 0. The highest BCUT2D eigenvalue weighted by molar-refractivity contribution is 5.27. The minimum Gasteiger partial charge on any atom is -0.271 e. The van der Waals surface area contributed by atoms with E-state index in [1.807, 2.05) is 0 Å². The first-order valence-electron chi connectivity index (χ1n) is 8.01. The molecule has 1 atom stereocenters. The van der Waals surface area contributed by atoms with E-state index in [4.69, 9.17) is 5.84 Å². The minimum atomic E-state index is -0.478. The van der Waals surface area contributed by atoms with E-state index in [0.29, 0.717) is 0 Å². The van der Waals surface area contributed by atoms with Crippen molar-refractivity contribution in [2.24, 2.45) is 29.0 Å². The lowest BCUT2D eigenvalue weighted by molar-refractivity contribution is -0.0761. The Morgan fingerprint density at radius 1 is 1.00 bits per heavy atom. The summed E-state index contributed by atoms with van der Waals surface area (Å²) >= 11 is 0. The first kappa shape index (κ1) is 13.6. The second-order valence-electron chi connectivity index (χ2n) is 7.51. The topological polar surface area (TPSA) is 38.0 Å². The summed E-state index contributed by atoms with van der Waals surface area (Å²) in [5.41, 5.74) is 2.85. The molecule has 21 heavy (non-hydrogen) atoms. The standard InChI is InChI=1S/C17H22F2N2/c18-13-2-1-3-14(19)15(13)16(21-20)17-7-10-4-11(8-17)6-12(5-10)9-17/h1-3,10-12,16,21H,4-9,20H2. The SMILES string of the molecule is NNC(c1c(F)cccc1F)C12CC3CC(CC(C3)C1)C2. The van der Waals surface area contributed by atoms with E-state index in [2.05, 4.69) is 5.43 Å². The van der Waals surface area contributed by atoms with Crippen LogP contribution in [-0.2, 0) is 0 Å². The van der Waals surface area contributed by atoms with Gasteiger partial charge >= 0.3 is 0 Å². The zero-order valence-electron chi connectivity index (χ0n) is 12.1. The van der Waals surface area contributed by atoms with Crippen molar-refractivity contribution in [1.82, 2.24) is 5.43 Å². The van der Waals surface area contributed by atoms with Crippen molar-refractivity contribution in [2.75, 3.05) is 0 Å². The molecule has 0 radical (unpaired) electrons. The quantitative estimate of drug-likeness (QED) is 0.659. The smallest absolute Gasteiger partial charge is 0.130 e. The first-order chi connectivity index (χ1) is 10.1. The Hall–Kier alpha value is -1.00. The summed E-state index contributed by atoms with van der Waals surface area (Å²) in [6.45, 7) is 0. The molecule has 4 bridgehead atoms. The number of nitrogens with two attached hydrogens (primary N) is 1. The molecule has 4 saturated carbocycles. The highest BCUT2D eigenvalue weighted by Gasteiger charge is 2.55. The summed E-state index contributed by atoms with van der Waals surface area (Å²) in [5, 5.41) is 0. The van der Waals surface area contributed by atoms with Crippen molar-refractivity contribution < 1.29 is 8.78 Å². The van der Waals surface area contributed by atoms with E-state index in [9.17, 15) is 8.78 Å². The largest absolute Gasteiger partial charge is 0.271 e. The van der Waals surface area contributed by atoms with Crippen LogP contribution in [0.1, 0.15) is 50.1 Å². The Morgan fingerprint density at radius 2 is 1.48 bits per heavy atom. The van der Waals surface area contributed by atoms with Crippen molar-refractivity contribution in [3.8, 4) is 0 Å². The van der Waals surface area contributed by atoms with Gasteiger partial charge in [0.05, 0.1) is 6.04 Å². The molecule has 114 valence electrons. The van der Waals surface area contributed by atoms with E-state index >= 15 is 0 Å². The van der Waals surface area contributed by atoms with Gasteiger partial charge in [0.15, 0.2) is 0 Å². The molecule has 4 aliphatic carbocycles. The molecule has 0 aromatic heterocycles. The highest BCUT2D eigenvalue weighted by atomic mass is 19.1. The number of nitrogens with one attached hydrogen (secondary N) is 1. The summed E-state index contributed by atoms with van der Waals surface area (Å²) in [5.74, 6) is 7.00. The van der Waals surface area contributed by atoms with E-state index in [0.717, 1.165) is 37.0 Å². The van der Waals surface area contributed by atoms with Crippen LogP contribution in [0.5, 0.6) is 0 Å². The van der Waals surface area contributed by atoms with Crippen LogP contribution in [0.2, 0.25) is 0 Å². The van der Waals surface area contributed by atoms with Crippen LogP contribution < -0.4 is 11.3 Å². The lowest BCUT2D eigenvalue weighted by Gasteiger charge is -2.59. The van der Waals surface area contributed by atoms with Gasteiger partial charge in [-0.3, -0.25) is 11.3 Å². The Kier molecular flexibility index (Phi) is 3.09. The first-order valence-corrected chi connectivity index (χ1v) is 8.01. The highest BCUT2D eigenvalue weighted by Crippen LogP contribution is 2.64.